The van der Waals surface area contributed by atoms with Crippen molar-refractivity contribution >= 4 is 40.5 Å². The molecule has 0 aromatic heterocycles. The van der Waals surface area contributed by atoms with Crippen LogP contribution in [-0.2, 0) is 9.59 Å². The topological polar surface area (TPSA) is 75.7 Å². The Kier molecular flexibility index (Phi) is 6.66. The fourth-order valence-electron chi connectivity index (χ4n) is 4.59. The van der Waals surface area contributed by atoms with Gasteiger partial charge < -0.3 is 25.0 Å². The predicted octanol–water partition coefficient (Wildman–Crippen LogP) is 3.16. The second kappa shape index (κ2) is 9.60. The van der Waals surface area contributed by atoms with Gasteiger partial charge in [0.05, 0.1) is 0 Å². The van der Waals surface area contributed by atoms with Crippen LogP contribution in [0.25, 0.3) is 0 Å². The molecule has 7 heteroatoms. The van der Waals surface area contributed by atoms with Gasteiger partial charge in [0, 0.05) is 66.1 Å². The minimum atomic E-state index is -1.12. The Morgan fingerprint density at radius 3 is 1.81 bits per heavy atom. The fraction of sp³-hybridized carbons (Fsp3) is 0.417. The summed E-state index contributed by atoms with van der Waals surface area (Å²) in [6.45, 7) is 3.66. The molecule has 1 N–H and O–H groups in total. The van der Waals surface area contributed by atoms with Crippen molar-refractivity contribution < 1.29 is 14.7 Å². The maximum Gasteiger partial charge on any atom is 0.228 e. The maximum atomic E-state index is 12.6. The van der Waals surface area contributed by atoms with Crippen LogP contribution in [-0.4, -0.2) is 38.1 Å². The molecule has 164 valence electrons. The lowest BCUT2D eigenvalue weighted by atomic mass is 9.78. The summed E-state index contributed by atoms with van der Waals surface area (Å²) in [5, 5.41) is 15.0. The minimum absolute atomic E-state index is 0.224. The summed E-state index contributed by atoms with van der Waals surface area (Å²) in [4.78, 5) is 28.7. The first-order valence-corrected chi connectivity index (χ1v) is 11.3. The number of benzene rings is 2. The summed E-state index contributed by atoms with van der Waals surface area (Å²) in [5.74, 6) is -2.55. The van der Waals surface area contributed by atoms with E-state index in [2.05, 4.69) is 15.1 Å². The molecule has 0 spiro atoms. The average Bonchev–Trinajstić information content (AvgIpc) is 2.80. The Morgan fingerprint density at radius 2 is 1.29 bits per heavy atom. The number of nitrogens with zero attached hydrogens (tertiary/aromatic N) is 2. The summed E-state index contributed by atoms with van der Waals surface area (Å²) < 4.78 is 0. The van der Waals surface area contributed by atoms with E-state index in [0.29, 0.717) is 18.5 Å². The van der Waals surface area contributed by atoms with Crippen LogP contribution in [0, 0.1) is 11.8 Å². The average molecular weight is 441 g/mol. The molecule has 2 atom stereocenters. The number of halogens is 1. The molecule has 1 saturated carbocycles. The first-order valence-electron chi connectivity index (χ1n) is 10.9. The molecular formula is C24H27ClN3O3-. The van der Waals surface area contributed by atoms with Gasteiger partial charge >= 0.3 is 0 Å². The summed E-state index contributed by atoms with van der Waals surface area (Å²) >= 11 is 5.98. The number of nitrogens with one attached hydrogen (secondary N) is 1. The second-order valence-corrected chi connectivity index (χ2v) is 8.74. The van der Waals surface area contributed by atoms with Crippen LogP contribution < -0.4 is 20.2 Å². The Hall–Kier alpha value is -2.73. The lowest BCUT2D eigenvalue weighted by molar-refractivity contribution is -0.313. The highest BCUT2D eigenvalue weighted by Gasteiger charge is 2.31. The zero-order valence-electron chi connectivity index (χ0n) is 17.4. The fourth-order valence-corrected chi connectivity index (χ4v) is 4.72. The van der Waals surface area contributed by atoms with Crippen LogP contribution >= 0.6 is 11.6 Å². The molecule has 2 fully saturated rings. The first kappa shape index (κ1) is 21.5. The van der Waals surface area contributed by atoms with E-state index >= 15 is 0 Å². The highest BCUT2D eigenvalue weighted by Crippen LogP contribution is 2.31. The zero-order chi connectivity index (χ0) is 21.8. The molecule has 4 rings (SSSR count). The number of piperazine rings is 1. The van der Waals surface area contributed by atoms with Gasteiger partial charge in [-0.25, -0.2) is 0 Å². The number of aliphatic carboxylic acids is 1. The largest absolute Gasteiger partial charge is 0.550 e. The molecule has 0 radical (unpaired) electrons. The number of hydrogen-bond acceptors (Lipinski definition) is 5. The van der Waals surface area contributed by atoms with Crippen molar-refractivity contribution in [3.05, 3.63) is 53.6 Å². The third-order valence-corrected chi connectivity index (χ3v) is 6.63. The van der Waals surface area contributed by atoms with E-state index in [1.54, 1.807) is 0 Å². The normalized spacial score (nSPS) is 21.6. The number of hydrogen-bond donors (Lipinski definition) is 1. The Bertz CT molecular complexity index is 909. The van der Waals surface area contributed by atoms with Crippen LogP contribution in [0.1, 0.15) is 25.7 Å². The first-order chi connectivity index (χ1) is 15.0. The monoisotopic (exact) mass is 440 g/mol. The van der Waals surface area contributed by atoms with Gasteiger partial charge in [-0.1, -0.05) is 24.4 Å². The molecule has 2 aromatic carbocycles. The van der Waals surface area contributed by atoms with E-state index < -0.39 is 17.8 Å². The standard InChI is InChI=1S/C24H28ClN3O3/c25-17-5-9-19(10-6-17)27-13-15-28(16-14-27)20-11-7-18(8-12-20)26-23(29)21-3-1-2-4-22(21)24(30)31/h5-12,21-22H,1-4,13-16H2,(H,26,29)(H,30,31)/p-1/t21-,22+/m0/s1. The Balaban J connectivity index is 1.33. The molecule has 2 aliphatic rings. The van der Waals surface area contributed by atoms with Crippen LogP contribution in [0.5, 0.6) is 0 Å². The number of carboxylic acids is 1. The Labute approximate surface area is 187 Å². The third-order valence-electron chi connectivity index (χ3n) is 6.38. The van der Waals surface area contributed by atoms with E-state index in [0.717, 1.165) is 49.7 Å². The number of carbonyl (C=O) groups excluding carboxylic acids is 2. The minimum Gasteiger partial charge on any atom is -0.550 e. The smallest absolute Gasteiger partial charge is 0.228 e. The van der Waals surface area contributed by atoms with Gasteiger partial charge in [0.1, 0.15) is 0 Å². The van der Waals surface area contributed by atoms with Crippen molar-refractivity contribution in [1.29, 1.82) is 0 Å². The SMILES string of the molecule is O=C(Nc1ccc(N2CCN(c3ccc(Cl)cc3)CC2)cc1)[C@H]1CCCC[C@H]1C(=O)[O-]. The van der Waals surface area contributed by atoms with E-state index in [1.165, 1.54) is 5.69 Å². The van der Waals surface area contributed by atoms with E-state index in [9.17, 15) is 14.7 Å². The van der Waals surface area contributed by atoms with Crippen LogP contribution in [0.15, 0.2) is 48.5 Å². The predicted molar refractivity (Wildman–Crippen MR) is 121 cm³/mol. The van der Waals surface area contributed by atoms with Crippen molar-refractivity contribution in [3.63, 3.8) is 0 Å². The number of rotatable bonds is 5. The molecule has 1 amide bonds. The number of carbonyl (C=O) groups is 2. The third kappa shape index (κ3) is 5.13. The van der Waals surface area contributed by atoms with Crippen LogP contribution in [0.2, 0.25) is 5.02 Å². The molecule has 1 heterocycles. The van der Waals surface area contributed by atoms with Crippen molar-refractivity contribution in [3.8, 4) is 0 Å². The summed E-state index contributed by atoms with van der Waals surface area (Å²) in [7, 11) is 0. The molecular weight excluding hydrogens is 414 g/mol. The van der Waals surface area contributed by atoms with Crippen molar-refractivity contribution in [2.45, 2.75) is 25.7 Å². The van der Waals surface area contributed by atoms with E-state index in [1.807, 2.05) is 48.5 Å². The Morgan fingerprint density at radius 1 is 0.806 bits per heavy atom. The van der Waals surface area contributed by atoms with Gasteiger partial charge in [-0.2, -0.15) is 0 Å². The lowest BCUT2D eigenvalue weighted by Gasteiger charge is -2.37. The molecule has 2 aromatic rings. The maximum absolute atomic E-state index is 12.6. The molecule has 31 heavy (non-hydrogen) atoms. The van der Waals surface area contributed by atoms with E-state index in [4.69, 9.17) is 11.6 Å². The highest BCUT2D eigenvalue weighted by molar-refractivity contribution is 6.30. The number of amides is 1. The second-order valence-electron chi connectivity index (χ2n) is 8.30. The van der Waals surface area contributed by atoms with Gasteiger partial charge in [0.25, 0.3) is 0 Å². The van der Waals surface area contributed by atoms with Gasteiger partial charge in [0.15, 0.2) is 0 Å². The van der Waals surface area contributed by atoms with Gasteiger partial charge in [-0.15, -0.1) is 0 Å². The number of anilines is 3. The number of carboxylic acid groups (broad SMARTS) is 1. The van der Waals surface area contributed by atoms with Crippen molar-refractivity contribution in [1.82, 2.24) is 0 Å². The van der Waals surface area contributed by atoms with Crippen molar-refractivity contribution in [2.24, 2.45) is 11.8 Å². The highest BCUT2D eigenvalue weighted by atomic mass is 35.5. The summed E-state index contributed by atoms with van der Waals surface area (Å²) in [6, 6.07) is 15.7. The molecule has 1 saturated heterocycles. The quantitative estimate of drug-likeness (QED) is 0.772. The van der Waals surface area contributed by atoms with Gasteiger partial charge in [-0.3, -0.25) is 4.79 Å². The van der Waals surface area contributed by atoms with Crippen LogP contribution in [0.4, 0.5) is 17.1 Å². The molecule has 0 unspecified atom stereocenters. The summed E-state index contributed by atoms with van der Waals surface area (Å²) in [5.41, 5.74) is 2.98. The lowest BCUT2D eigenvalue weighted by Crippen LogP contribution is -2.46. The molecule has 1 aliphatic heterocycles. The van der Waals surface area contributed by atoms with Crippen LogP contribution in [0.3, 0.4) is 0 Å². The van der Waals surface area contributed by atoms with Crippen molar-refractivity contribution in [2.75, 3.05) is 41.3 Å². The summed E-state index contributed by atoms with van der Waals surface area (Å²) in [6.07, 6.45) is 2.83. The van der Waals surface area contributed by atoms with Gasteiger partial charge in [0.2, 0.25) is 5.91 Å². The zero-order valence-corrected chi connectivity index (χ0v) is 18.2. The molecule has 1 aliphatic carbocycles. The molecule has 6 nitrogen and oxygen atoms in total. The van der Waals surface area contributed by atoms with Gasteiger partial charge in [-0.05, 0) is 61.4 Å². The van der Waals surface area contributed by atoms with E-state index in [-0.39, 0.29) is 5.91 Å². The molecule has 0 bridgehead atoms.